The van der Waals surface area contributed by atoms with Crippen LogP contribution in [-0.4, -0.2) is 95.4 Å². The van der Waals surface area contributed by atoms with E-state index < -0.39 is 59.9 Å². The molecule has 0 saturated carbocycles. The Bertz CT molecular complexity index is 894. The highest BCUT2D eigenvalue weighted by atomic mass is 32.3. The van der Waals surface area contributed by atoms with E-state index >= 15 is 0 Å². The van der Waals surface area contributed by atoms with Crippen LogP contribution >= 0.6 is 0 Å². The van der Waals surface area contributed by atoms with Crippen LogP contribution in [0.4, 0.5) is 0 Å². The Morgan fingerprint density at radius 1 is 0.750 bits per heavy atom. The molecule has 7 unspecified atom stereocenters. The first-order chi connectivity index (χ1) is 23.0. The van der Waals surface area contributed by atoms with Gasteiger partial charge in [-0.05, 0) is 12.8 Å². The highest BCUT2D eigenvalue weighted by Crippen LogP contribution is 2.26. The maximum atomic E-state index is 12.9. The first kappa shape index (κ1) is 45.1. The van der Waals surface area contributed by atoms with E-state index in [4.69, 9.17) is 14.0 Å². The Balaban J connectivity index is 2.61. The molecule has 0 aromatic carbocycles. The SMILES string of the molecule is CCCCCCCCCCCCCCC(=O)NC(COC1OC(CO)C(O)C(OS(=O)(=O)O)C1O)C(O)CCCCCCCCCCC. The number of aliphatic hydroxyl groups excluding tert-OH is 4. The van der Waals surface area contributed by atoms with E-state index in [1.165, 1.54) is 83.5 Å². The molecule has 0 radical (unpaired) electrons. The number of amides is 1. The molecule has 0 aromatic rings. The van der Waals surface area contributed by atoms with Crippen LogP contribution in [0.3, 0.4) is 0 Å². The topological polar surface area (TPSA) is 192 Å². The fourth-order valence-corrected chi connectivity index (χ4v) is 6.67. The van der Waals surface area contributed by atoms with Gasteiger partial charge in [-0.2, -0.15) is 8.42 Å². The lowest BCUT2D eigenvalue weighted by Crippen LogP contribution is -2.61. The highest BCUT2D eigenvalue weighted by molar-refractivity contribution is 7.80. The number of hydrogen-bond acceptors (Lipinski definition) is 10. The molecule has 1 saturated heterocycles. The fourth-order valence-electron chi connectivity index (χ4n) is 6.16. The van der Waals surface area contributed by atoms with E-state index in [0.717, 1.165) is 51.4 Å². The zero-order valence-electron chi connectivity index (χ0n) is 29.8. The minimum Gasteiger partial charge on any atom is -0.394 e. The van der Waals surface area contributed by atoms with Gasteiger partial charge in [-0.25, -0.2) is 4.18 Å². The van der Waals surface area contributed by atoms with Gasteiger partial charge in [0.25, 0.3) is 0 Å². The molecule has 48 heavy (non-hydrogen) atoms. The number of aliphatic hydroxyl groups is 4. The van der Waals surface area contributed by atoms with Crippen molar-refractivity contribution in [1.82, 2.24) is 5.32 Å². The van der Waals surface area contributed by atoms with Gasteiger partial charge < -0.3 is 35.2 Å². The average Bonchev–Trinajstić information content (AvgIpc) is 3.04. The Morgan fingerprint density at radius 2 is 1.21 bits per heavy atom. The molecule has 0 aliphatic carbocycles. The molecule has 1 aliphatic heterocycles. The van der Waals surface area contributed by atoms with Crippen molar-refractivity contribution in [2.24, 2.45) is 0 Å². The third-order valence-electron chi connectivity index (χ3n) is 9.17. The molecule has 1 aliphatic rings. The molecule has 0 aromatic heterocycles. The van der Waals surface area contributed by atoms with Gasteiger partial charge in [0.15, 0.2) is 6.29 Å². The molecule has 7 atom stereocenters. The van der Waals surface area contributed by atoms with E-state index in [2.05, 4.69) is 23.3 Å². The Morgan fingerprint density at radius 3 is 1.67 bits per heavy atom. The summed E-state index contributed by atoms with van der Waals surface area (Å²) in [4.78, 5) is 12.9. The Labute approximate surface area is 290 Å². The van der Waals surface area contributed by atoms with Crippen LogP contribution in [-0.2, 0) is 28.9 Å². The standard InChI is InChI=1S/C35H69NO11S/c1-3-5-7-9-11-13-14-15-17-19-21-23-25-31(39)36-28(29(38)24-22-20-18-16-12-10-8-6-4-2)27-45-35-33(41)34(47-48(42,43)44)32(40)30(26-37)46-35/h28-30,32-35,37-38,40-41H,3-27H2,1-2H3,(H,36,39)(H,42,43,44). The summed E-state index contributed by atoms with van der Waals surface area (Å²) in [5.74, 6) is -0.233. The van der Waals surface area contributed by atoms with Crippen LogP contribution in [0.5, 0.6) is 0 Å². The first-order valence-electron chi connectivity index (χ1n) is 18.9. The van der Waals surface area contributed by atoms with E-state index in [1.54, 1.807) is 0 Å². The number of hydrogen-bond donors (Lipinski definition) is 6. The van der Waals surface area contributed by atoms with Gasteiger partial charge in [-0.3, -0.25) is 9.35 Å². The maximum absolute atomic E-state index is 12.9. The number of unbranched alkanes of at least 4 members (excludes halogenated alkanes) is 19. The quantitative estimate of drug-likeness (QED) is 0.0394. The van der Waals surface area contributed by atoms with Crippen molar-refractivity contribution in [2.45, 2.75) is 204 Å². The molecule has 0 bridgehead atoms. The maximum Gasteiger partial charge on any atom is 0.397 e. The number of nitrogens with one attached hydrogen (secondary N) is 1. The highest BCUT2D eigenvalue weighted by Gasteiger charge is 2.48. The van der Waals surface area contributed by atoms with E-state index in [-0.39, 0.29) is 12.5 Å². The van der Waals surface area contributed by atoms with Gasteiger partial charge in [-0.15, -0.1) is 0 Å². The van der Waals surface area contributed by atoms with Crippen LogP contribution < -0.4 is 5.32 Å². The molecule has 1 heterocycles. The van der Waals surface area contributed by atoms with Gasteiger partial charge in [-0.1, -0.05) is 142 Å². The second-order valence-corrected chi connectivity index (χ2v) is 14.6. The molecule has 1 rings (SSSR count). The van der Waals surface area contributed by atoms with Crippen molar-refractivity contribution in [2.75, 3.05) is 13.2 Å². The number of carbonyl (C=O) groups is 1. The van der Waals surface area contributed by atoms with E-state index in [9.17, 15) is 33.6 Å². The van der Waals surface area contributed by atoms with Crippen LogP contribution in [0.2, 0.25) is 0 Å². The van der Waals surface area contributed by atoms with Crippen molar-refractivity contribution in [3.8, 4) is 0 Å². The fraction of sp³-hybridized carbons (Fsp3) is 0.971. The predicted octanol–water partition coefficient (Wildman–Crippen LogP) is 5.49. The monoisotopic (exact) mass is 711 g/mol. The zero-order valence-corrected chi connectivity index (χ0v) is 30.6. The lowest BCUT2D eigenvalue weighted by molar-refractivity contribution is -0.298. The lowest BCUT2D eigenvalue weighted by Gasteiger charge is -2.41. The predicted molar refractivity (Wildman–Crippen MR) is 186 cm³/mol. The molecule has 12 nitrogen and oxygen atoms in total. The van der Waals surface area contributed by atoms with Crippen LogP contribution in [0.15, 0.2) is 0 Å². The summed E-state index contributed by atoms with van der Waals surface area (Å²) in [5.41, 5.74) is 0. The third-order valence-corrected chi connectivity index (χ3v) is 9.63. The Hall–Kier alpha value is -0.900. The molecular weight excluding hydrogens is 642 g/mol. The molecule has 286 valence electrons. The molecule has 13 heteroatoms. The molecule has 1 fully saturated rings. The van der Waals surface area contributed by atoms with E-state index in [0.29, 0.717) is 12.8 Å². The lowest BCUT2D eigenvalue weighted by atomic mass is 9.99. The van der Waals surface area contributed by atoms with Crippen molar-refractivity contribution in [3.63, 3.8) is 0 Å². The summed E-state index contributed by atoms with van der Waals surface area (Å²) in [7, 11) is -5.06. The number of ether oxygens (including phenoxy) is 2. The van der Waals surface area contributed by atoms with Crippen molar-refractivity contribution in [3.05, 3.63) is 0 Å². The zero-order chi connectivity index (χ0) is 35.6. The van der Waals surface area contributed by atoms with Crippen LogP contribution in [0, 0.1) is 0 Å². The average molecular weight is 712 g/mol. The Kier molecular flexibility index (Phi) is 26.1. The summed E-state index contributed by atoms with van der Waals surface area (Å²) in [5, 5.41) is 44.4. The number of carbonyl (C=O) groups excluding carboxylic acids is 1. The van der Waals surface area contributed by atoms with Crippen molar-refractivity contribution in [1.29, 1.82) is 0 Å². The van der Waals surface area contributed by atoms with Gasteiger partial charge in [0.2, 0.25) is 5.91 Å². The molecule has 6 N–H and O–H groups in total. The van der Waals surface area contributed by atoms with Gasteiger partial charge in [0, 0.05) is 6.42 Å². The summed E-state index contributed by atoms with van der Waals surface area (Å²) in [6.45, 7) is 3.38. The smallest absolute Gasteiger partial charge is 0.394 e. The molecular formula is C35H69NO11S. The normalized spacial score (nSPS) is 22.9. The second-order valence-electron chi connectivity index (χ2n) is 13.5. The summed E-state index contributed by atoms with van der Waals surface area (Å²) >= 11 is 0. The molecule has 0 spiro atoms. The third kappa shape index (κ3) is 21.3. The first-order valence-corrected chi connectivity index (χ1v) is 20.3. The van der Waals surface area contributed by atoms with Gasteiger partial charge in [0.05, 0.1) is 25.4 Å². The minimum absolute atomic E-state index is 0.233. The number of rotatable bonds is 31. The largest absolute Gasteiger partial charge is 0.397 e. The van der Waals surface area contributed by atoms with Crippen LogP contribution in [0.25, 0.3) is 0 Å². The van der Waals surface area contributed by atoms with Crippen molar-refractivity contribution >= 4 is 16.3 Å². The van der Waals surface area contributed by atoms with Crippen molar-refractivity contribution < 1.29 is 51.8 Å². The van der Waals surface area contributed by atoms with Crippen LogP contribution in [0.1, 0.15) is 162 Å². The summed E-state index contributed by atoms with van der Waals surface area (Å²) in [6.07, 6.45) is 15.6. The van der Waals surface area contributed by atoms with Gasteiger partial charge in [0.1, 0.15) is 24.4 Å². The summed E-state index contributed by atoms with van der Waals surface area (Å²) in [6, 6.07) is -0.847. The van der Waals surface area contributed by atoms with Gasteiger partial charge >= 0.3 is 10.4 Å². The second kappa shape index (κ2) is 27.8. The van der Waals surface area contributed by atoms with E-state index in [1.807, 2.05) is 0 Å². The molecule has 1 amide bonds. The minimum atomic E-state index is -5.06. The summed E-state index contributed by atoms with van der Waals surface area (Å²) < 4.78 is 47.3.